The summed E-state index contributed by atoms with van der Waals surface area (Å²) in [6.07, 6.45) is 2.58. The van der Waals surface area contributed by atoms with Crippen molar-refractivity contribution in [1.82, 2.24) is 9.80 Å². The highest BCUT2D eigenvalue weighted by Gasteiger charge is 2.23. The minimum Gasteiger partial charge on any atom is -0.307 e. The van der Waals surface area contributed by atoms with Crippen molar-refractivity contribution in [1.29, 1.82) is 0 Å². The molecule has 0 saturated carbocycles. The lowest BCUT2D eigenvalue weighted by Gasteiger charge is -2.34. The molecule has 0 amide bonds. The Kier molecular flexibility index (Phi) is 7.20. The van der Waals surface area contributed by atoms with Crippen molar-refractivity contribution in [3.8, 4) is 0 Å². The van der Waals surface area contributed by atoms with Gasteiger partial charge in [0.05, 0.1) is 0 Å². The minimum atomic E-state index is 0.480. The van der Waals surface area contributed by atoms with Gasteiger partial charge in [-0.15, -0.1) is 0 Å². The van der Waals surface area contributed by atoms with Crippen molar-refractivity contribution in [3.05, 3.63) is 0 Å². The van der Waals surface area contributed by atoms with Gasteiger partial charge in [-0.2, -0.15) is 0 Å². The highest BCUT2D eigenvalue weighted by atomic mass is 15.1. The van der Waals surface area contributed by atoms with E-state index in [1.165, 1.54) is 25.9 Å². The van der Waals surface area contributed by atoms with Crippen molar-refractivity contribution in [3.63, 3.8) is 0 Å². The van der Waals surface area contributed by atoms with Crippen molar-refractivity contribution in [2.24, 2.45) is 5.41 Å². The Bertz CT molecular complexity index is 159. The van der Waals surface area contributed by atoms with Gasteiger partial charge < -0.3 is 9.80 Å². The summed E-state index contributed by atoms with van der Waals surface area (Å²) in [5.74, 6) is 0. The molecule has 0 radical (unpaired) electrons. The highest BCUT2D eigenvalue weighted by molar-refractivity contribution is 4.77. The Balaban J connectivity index is 4.06. The zero-order chi connectivity index (χ0) is 11.9. The van der Waals surface area contributed by atoms with Crippen LogP contribution in [0.2, 0.25) is 0 Å². The molecule has 2 nitrogen and oxygen atoms in total. The van der Waals surface area contributed by atoms with E-state index in [0.29, 0.717) is 5.41 Å². The second kappa shape index (κ2) is 7.24. The molecule has 15 heavy (non-hydrogen) atoms. The van der Waals surface area contributed by atoms with E-state index in [0.717, 1.165) is 13.1 Å². The maximum absolute atomic E-state index is 2.43. The van der Waals surface area contributed by atoms with Crippen molar-refractivity contribution < 1.29 is 0 Å². The van der Waals surface area contributed by atoms with Crippen LogP contribution in [0.4, 0.5) is 0 Å². The van der Waals surface area contributed by atoms with E-state index in [9.17, 15) is 0 Å². The molecule has 2 heteroatoms. The Morgan fingerprint density at radius 3 is 1.87 bits per heavy atom. The molecule has 0 heterocycles. The SMILES string of the molecule is CCN(C)CCC(C)(CC)CN(C)CC. The number of rotatable bonds is 8. The number of hydrogen-bond acceptors (Lipinski definition) is 2. The second-order valence-electron chi connectivity index (χ2n) is 5.14. The molecule has 0 spiro atoms. The van der Waals surface area contributed by atoms with Crippen LogP contribution >= 0.6 is 0 Å². The van der Waals surface area contributed by atoms with Gasteiger partial charge in [-0.05, 0) is 52.0 Å². The molecular formula is C13H30N2. The summed E-state index contributed by atoms with van der Waals surface area (Å²) in [4.78, 5) is 4.83. The van der Waals surface area contributed by atoms with E-state index in [2.05, 4.69) is 51.6 Å². The van der Waals surface area contributed by atoms with E-state index in [4.69, 9.17) is 0 Å². The molecule has 0 aliphatic rings. The summed E-state index contributed by atoms with van der Waals surface area (Å²) in [6, 6.07) is 0. The maximum atomic E-state index is 2.43. The van der Waals surface area contributed by atoms with Gasteiger partial charge in [0.15, 0.2) is 0 Å². The summed E-state index contributed by atoms with van der Waals surface area (Å²) in [5.41, 5.74) is 0.480. The molecule has 0 N–H and O–H groups in total. The summed E-state index contributed by atoms with van der Waals surface area (Å²) in [5, 5.41) is 0. The highest BCUT2D eigenvalue weighted by Crippen LogP contribution is 2.26. The van der Waals surface area contributed by atoms with Crippen LogP contribution in [0.5, 0.6) is 0 Å². The van der Waals surface area contributed by atoms with Gasteiger partial charge in [0.1, 0.15) is 0 Å². The molecule has 92 valence electrons. The Hall–Kier alpha value is -0.0800. The maximum Gasteiger partial charge on any atom is 0.00325 e. The van der Waals surface area contributed by atoms with E-state index in [-0.39, 0.29) is 0 Å². The quantitative estimate of drug-likeness (QED) is 0.613. The van der Waals surface area contributed by atoms with Crippen LogP contribution in [0, 0.1) is 5.41 Å². The van der Waals surface area contributed by atoms with Crippen LogP contribution < -0.4 is 0 Å². The van der Waals surface area contributed by atoms with Crippen molar-refractivity contribution >= 4 is 0 Å². The molecular weight excluding hydrogens is 184 g/mol. The summed E-state index contributed by atoms with van der Waals surface area (Å²) in [6.45, 7) is 13.9. The first kappa shape index (κ1) is 14.9. The molecule has 1 unspecified atom stereocenters. The summed E-state index contributed by atoms with van der Waals surface area (Å²) >= 11 is 0. The molecule has 0 fully saturated rings. The van der Waals surface area contributed by atoms with Crippen molar-refractivity contribution in [2.45, 2.75) is 40.5 Å². The number of hydrogen-bond donors (Lipinski definition) is 0. The van der Waals surface area contributed by atoms with E-state index in [1.807, 2.05) is 0 Å². The first-order valence-electron chi connectivity index (χ1n) is 6.34. The minimum absolute atomic E-state index is 0.480. The topological polar surface area (TPSA) is 6.48 Å². The predicted octanol–water partition coefficient (Wildman–Crippen LogP) is 2.70. The van der Waals surface area contributed by atoms with Gasteiger partial charge in [0.2, 0.25) is 0 Å². The smallest absolute Gasteiger partial charge is 0.00325 e. The molecule has 0 aromatic rings. The molecule has 0 bridgehead atoms. The lowest BCUT2D eigenvalue weighted by Crippen LogP contribution is -2.35. The van der Waals surface area contributed by atoms with Gasteiger partial charge in [0, 0.05) is 6.54 Å². The number of nitrogens with zero attached hydrogens (tertiary/aromatic N) is 2. The van der Waals surface area contributed by atoms with Gasteiger partial charge in [-0.25, -0.2) is 0 Å². The van der Waals surface area contributed by atoms with Crippen LogP contribution in [-0.2, 0) is 0 Å². The first-order valence-corrected chi connectivity index (χ1v) is 6.34. The largest absolute Gasteiger partial charge is 0.307 e. The molecule has 0 aliphatic heterocycles. The van der Waals surface area contributed by atoms with Crippen LogP contribution in [0.25, 0.3) is 0 Å². The van der Waals surface area contributed by atoms with Crippen LogP contribution in [-0.4, -0.2) is 50.1 Å². The molecule has 0 rings (SSSR count). The lowest BCUT2D eigenvalue weighted by atomic mass is 9.83. The standard InChI is InChI=1S/C13H30N2/c1-7-13(4,12-15(6)9-3)10-11-14(5)8-2/h7-12H2,1-6H3. The first-order chi connectivity index (χ1) is 6.97. The third-order valence-corrected chi connectivity index (χ3v) is 3.68. The summed E-state index contributed by atoms with van der Waals surface area (Å²) in [7, 11) is 4.43. The van der Waals surface area contributed by atoms with E-state index in [1.54, 1.807) is 0 Å². The normalized spacial score (nSPS) is 16.0. The van der Waals surface area contributed by atoms with Gasteiger partial charge in [-0.1, -0.05) is 27.7 Å². The zero-order valence-electron chi connectivity index (χ0n) is 11.6. The van der Waals surface area contributed by atoms with Gasteiger partial charge in [-0.3, -0.25) is 0 Å². The third kappa shape index (κ3) is 6.16. The fourth-order valence-electron chi connectivity index (χ4n) is 1.75. The van der Waals surface area contributed by atoms with E-state index >= 15 is 0 Å². The molecule has 0 aromatic carbocycles. The predicted molar refractivity (Wildman–Crippen MR) is 69.4 cm³/mol. The van der Waals surface area contributed by atoms with Crippen LogP contribution in [0.1, 0.15) is 40.5 Å². The van der Waals surface area contributed by atoms with Crippen LogP contribution in [0.15, 0.2) is 0 Å². The summed E-state index contributed by atoms with van der Waals surface area (Å²) < 4.78 is 0. The fraction of sp³-hybridized carbons (Fsp3) is 1.00. The van der Waals surface area contributed by atoms with Crippen LogP contribution in [0.3, 0.4) is 0 Å². The molecule has 0 aliphatic carbocycles. The average molecular weight is 214 g/mol. The fourth-order valence-corrected chi connectivity index (χ4v) is 1.75. The average Bonchev–Trinajstić information content (AvgIpc) is 2.25. The lowest BCUT2D eigenvalue weighted by molar-refractivity contribution is 0.159. The Morgan fingerprint density at radius 2 is 1.47 bits per heavy atom. The van der Waals surface area contributed by atoms with Gasteiger partial charge in [0.25, 0.3) is 0 Å². The second-order valence-corrected chi connectivity index (χ2v) is 5.14. The van der Waals surface area contributed by atoms with E-state index < -0.39 is 0 Å². The molecule has 1 atom stereocenters. The Morgan fingerprint density at radius 1 is 0.933 bits per heavy atom. The monoisotopic (exact) mass is 214 g/mol. The zero-order valence-corrected chi connectivity index (χ0v) is 11.6. The molecule has 0 saturated heterocycles. The third-order valence-electron chi connectivity index (χ3n) is 3.68. The van der Waals surface area contributed by atoms with Crippen molar-refractivity contribution in [2.75, 3.05) is 40.3 Å². The Labute approximate surface area is 96.6 Å². The molecule has 0 aromatic heterocycles. The van der Waals surface area contributed by atoms with Gasteiger partial charge >= 0.3 is 0 Å².